The van der Waals surface area contributed by atoms with Gasteiger partial charge in [-0.1, -0.05) is 35.9 Å². The summed E-state index contributed by atoms with van der Waals surface area (Å²) in [6.45, 7) is 0.607. The van der Waals surface area contributed by atoms with E-state index in [1.165, 1.54) is 6.07 Å². The van der Waals surface area contributed by atoms with Crippen molar-refractivity contribution in [3.8, 4) is 5.75 Å². The maximum atomic E-state index is 11.2. The molecule has 8 nitrogen and oxygen atoms in total. The number of benzene rings is 2. The lowest BCUT2D eigenvalue weighted by Gasteiger charge is -2.46. The van der Waals surface area contributed by atoms with E-state index in [2.05, 4.69) is 0 Å². The Bertz CT molecular complexity index is 915. The minimum Gasteiger partial charge on any atom is -0.488 e. The fraction of sp³-hybridized carbons (Fsp3) is 0.478. The molecule has 9 heteroatoms. The predicted molar refractivity (Wildman–Crippen MR) is 114 cm³/mol. The van der Waals surface area contributed by atoms with Gasteiger partial charge in [0.1, 0.15) is 36.3 Å². The first-order valence-electron chi connectivity index (χ1n) is 10.5. The van der Waals surface area contributed by atoms with Crippen molar-refractivity contribution in [2.24, 2.45) is 0 Å². The summed E-state index contributed by atoms with van der Waals surface area (Å²) in [6, 6.07) is 12.2. The molecule has 0 unspecified atom stereocenters. The third-order valence-electron chi connectivity index (χ3n) is 5.97. The normalized spacial score (nSPS) is 32.8. The van der Waals surface area contributed by atoms with E-state index in [1.54, 1.807) is 12.1 Å². The average molecular weight is 467 g/mol. The molecule has 2 aliphatic heterocycles. The van der Waals surface area contributed by atoms with Crippen molar-refractivity contribution in [1.82, 2.24) is 0 Å². The molecule has 0 radical (unpaired) electrons. The second-order valence-corrected chi connectivity index (χ2v) is 8.56. The molecule has 0 bridgehead atoms. The van der Waals surface area contributed by atoms with Gasteiger partial charge in [-0.25, -0.2) is 0 Å². The Labute approximate surface area is 190 Å². The number of aliphatic hydroxyl groups excluding tert-OH is 4. The zero-order valence-electron chi connectivity index (χ0n) is 17.3. The molecule has 6 atom stereocenters. The fourth-order valence-corrected chi connectivity index (χ4v) is 4.38. The Morgan fingerprint density at radius 2 is 1.81 bits per heavy atom. The molecule has 174 valence electrons. The quantitative estimate of drug-likeness (QED) is 0.421. The third-order valence-corrected chi connectivity index (χ3v) is 6.32. The molecule has 2 fully saturated rings. The second-order valence-electron chi connectivity index (χ2n) is 8.15. The van der Waals surface area contributed by atoms with Gasteiger partial charge in [0.25, 0.3) is 0 Å². The molecule has 0 amide bonds. The van der Waals surface area contributed by atoms with E-state index in [-0.39, 0.29) is 11.7 Å². The number of ether oxygens (including phenoxy) is 3. The molecular formula is C23H27ClO8. The highest BCUT2D eigenvalue weighted by molar-refractivity contribution is 6.31. The van der Waals surface area contributed by atoms with E-state index in [9.17, 15) is 25.5 Å². The van der Waals surface area contributed by atoms with Gasteiger partial charge in [0, 0.05) is 17.0 Å². The Hall–Kier alpha value is -1.75. The summed E-state index contributed by atoms with van der Waals surface area (Å²) in [4.78, 5) is 0. The van der Waals surface area contributed by atoms with Gasteiger partial charge in [-0.3, -0.25) is 0 Å². The van der Waals surface area contributed by atoms with Crippen LogP contribution in [-0.2, 0) is 21.7 Å². The summed E-state index contributed by atoms with van der Waals surface area (Å²) >= 11 is 6.44. The minimum atomic E-state index is -2.38. The molecule has 0 saturated carbocycles. The van der Waals surface area contributed by atoms with Crippen LogP contribution >= 0.6 is 11.6 Å². The zero-order chi connectivity index (χ0) is 22.9. The predicted octanol–water partition coefficient (Wildman–Crippen LogP) is 0.717. The summed E-state index contributed by atoms with van der Waals surface area (Å²) < 4.78 is 16.7. The van der Waals surface area contributed by atoms with Crippen LogP contribution in [0.5, 0.6) is 5.75 Å². The van der Waals surface area contributed by atoms with Crippen molar-refractivity contribution >= 4 is 11.6 Å². The van der Waals surface area contributed by atoms with E-state index in [0.29, 0.717) is 30.2 Å². The summed E-state index contributed by atoms with van der Waals surface area (Å²) in [5.74, 6) is -1.66. The molecular weight excluding hydrogens is 440 g/mol. The Morgan fingerprint density at radius 1 is 1.06 bits per heavy atom. The topological polar surface area (TPSA) is 129 Å². The molecule has 2 aromatic rings. The maximum Gasteiger partial charge on any atom is 0.222 e. The highest BCUT2D eigenvalue weighted by atomic mass is 35.5. The summed E-state index contributed by atoms with van der Waals surface area (Å²) in [5, 5.41) is 51.9. The van der Waals surface area contributed by atoms with Crippen LogP contribution in [0.1, 0.15) is 23.1 Å². The number of halogens is 1. The monoisotopic (exact) mass is 466 g/mol. The molecule has 5 N–H and O–H groups in total. The maximum absolute atomic E-state index is 11.2. The first-order chi connectivity index (χ1) is 15.3. The highest BCUT2D eigenvalue weighted by Crippen LogP contribution is 2.40. The van der Waals surface area contributed by atoms with Crippen molar-refractivity contribution < 1.29 is 39.7 Å². The largest absolute Gasteiger partial charge is 0.488 e. The second kappa shape index (κ2) is 9.62. The van der Waals surface area contributed by atoms with E-state index >= 15 is 0 Å². The number of hydrogen-bond donors (Lipinski definition) is 5. The molecule has 2 aliphatic rings. The van der Waals surface area contributed by atoms with Gasteiger partial charge >= 0.3 is 0 Å². The zero-order valence-corrected chi connectivity index (χ0v) is 18.1. The van der Waals surface area contributed by atoms with E-state index < -0.39 is 36.8 Å². The van der Waals surface area contributed by atoms with Crippen molar-refractivity contribution in [3.05, 3.63) is 64.2 Å². The summed E-state index contributed by atoms with van der Waals surface area (Å²) in [5.41, 5.74) is 1.49. The fourth-order valence-electron chi connectivity index (χ4n) is 4.14. The molecule has 2 heterocycles. The molecule has 2 saturated heterocycles. The van der Waals surface area contributed by atoms with Crippen molar-refractivity contribution in [2.45, 2.75) is 49.1 Å². The van der Waals surface area contributed by atoms with Crippen LogP contribution < -0.4 is 4.74 Å². The molecule has 0 aliphatic carbocycles. The van der Waals surface area contributed by atoms with E-state index in [1.807, 2.05) is 24.3 Å². The molecule has 0 spiro atoms. The summed E-state index contributed by atoms with van der Waals surface area (Å²) in [7, 11) is 0. The van der Waals surface area contributed by atoms with E-state index in [4.69, 9.17) is 25.8 Å². The SMILES string of the molecule is OC[C@H]1O[C@](O)(c2cccc(Cl)c2Cc2ccc(O[C@H]3CCOC3)cc2)[C@H](O)[C@@H](O)[C@@H]1O. The van der Waals surface area contributed by atoms with Crippen LogP contribution in [0.25, 0.3) is 0 Å². The molecule has 32 heavy (non-hydrogen) atoms. The van der Waals surface area contributed by atoms with Gasteiger partial charge in [0.15, 0.2) is 0 Å². The van der Waals surface area contributed by atoms with Crippen LogP contribution in [-0.4, -0.2) is 75.9 Å². The Morgan fingerprint density at radius 3 is 2.47 bits per heavy atom. The third kappa shape index (κ3) is 4.50. The Balaban J connectivity index is 1.60. The lowest BCUT2D eigenvalue weighted by atomic mass is 9.85. The van der Waals surface area contributed by atoms with Crippen LogP contribution in [0.2, 0.25) is 5.02 Å². The minimum absolute atomic E-state index is 0.0384. The number of aliphatic hydroxyl groups is 5. The van der Waals surface area contributed by atoms with E-state index in [0.717, 1.165) is 17.7 Å². The lowest BCUT2D eigenvalue weighted by molar-refractivity contribution is -0.358. The first kappa shape index (κ1) is 23.4. The van der Waals surface area contributed by atoms with Crippen molar-refractivity contribution in [1.29, 1.82) is 0 Å². The molecule has 0 aromatic heterocycles. The van der Waals surface area contributed by atoms with Crippen LogP contribution in [0, 0.1) is 0 Å². The van der Waals surface area contributed by atoms with Gasteiger partial charge in [-0.05, 0) is 35.7 Å². The number of rotatable bonds is 6. The smallest absolute Gasteiger partial charge is 0.222 e. The van der Waals surface area contributed by atoms with Crippen molar-refractivity contribution in [2.75, 3.05) is 19.8 Å². The van der Waals surface area contributed by atoms with Crippen LogP contribution in [0.15, 0.2) is 42.5 Å². The lowest BCUT2D eigenvalue weighted by Crippen LogP contribution is -2.63. The van der Waals surface area contributed by atoms with Gasteiger partial charge in [-0.15, -0.1) is 0 Å². The highest BCUT2D eigenvalue weighted by Gasteiger charge is 2.54. The first-order valence-corrected chi connectivity index (χ1v) is 10.9. The number of hydrogen-bond acceptors (Lipinski definition) is 8. The average Bonchev–Trinajstić information content (AvgIpc) is 3.30. The molecule has 4 rings (SSSR count). The van der Waals surface area contributed by atoms with Crippen molar-refractivity contribution in [3.63, 3.8) is 0 Å². The standard InChI is InChI=1S/C23H27ClO8/c24-18-3-1-2-17(23(29)22(28)21(27)20(26)19(11-25)32-23)16(18)10-13-4-6-14(7-5-13)31-15-8-9-30-12-15/h1-7,15,19-22,25-29H,8-12H2/t15-,19+,20+,21-,22+,23+/m0/s1. The van der Waals surface area contributed by atoms with Gasteiger partial charge in [0.05, 0.1) is 19.8 Å². The van der Waals surface area contributed by atoms with Gasteiger partial charge < -0.3 is 39.7 Å². The van der Waals surface area contributed by atoms with Gasteiger partial charge in [-0.2, -0.15) is 0 Å². The van der Waals surface area contributed by atoms with Gasteiger partial charge in [0.2, 0.25) is 5.79 Å². The summed E-state index contributed by atoms with van der Waals surface area (Å²) in [6.07, 6.45) is -5.26. The Kier molecular flexibility index (Phi) is 7.04. The molecule has 2 aromatic carbocycles. The van der Waals surface area contributed by atoms with Crippen LogP contribution in [0.4, 0.5) is 0 Å². The van der Waals surface area contributed by atoms with Crippen LogP contribution in [0.3, 0.4) is 0 Å².